The number of ketones is 2. The van der Waals surface area contributed by atoms with Crippen LogP contribution in [0.2, 0.25) is 0 Å². The van der Waals surface area contributed by atoms with Crippen molar-refractivity contribution in [2.45, 2.75) is 12.8 Å². The molecular weight excluding hydrogens is 717 g/mol. The van der Waals surface area contributed by atoms with E-state index in [0.717, 1.165) is 12.2 Å². The minimum atomic E-state index is -4.66. The number of allylic oxidation sites excluding steroid dienone is 12. The van der Waals surface area contributed by atoms with E-state index in [0.29, 0.717) is 11.1 Å². The Labute approximate surface area is 296 Å². The summed E-state index contributed by atoms with van der Waals surface area (Å²) in [5.41, 5.74) is 2.21. The molecule has 0 bridgehead atoms. The van der Waals surface area contributed by atoms with Crippen molar-refractivity contribution in [2.75, 3.05) is 10.6 Å². The summed E-state index contributed by atoms with van der Waals surface area (Å²) in [5.74, 6) is -3.98. The summed E-state index contributed by atoms with van der Waals surface area (Å²) in [5, 5.41) is 5.20. The van der Waals surface area contributed by atoms with Gasteiger partial charge in [-0.15, -0.1) is 0 Å². The molecule has 6 rings (SSSR count). The molecule has 4 amide bonds. The number of Topliss-reactive ketones (excluding diaryl/α,β-unsaturated/α-hetero) is 2. The normalized spacial score (nSPS) is 21.3. The third kappa shape index (κ3) is 8.13. The zero-order valence-electron chi connectivity index (χ0n) is 26.6. The second-order valence-electron chi connectivity index (χ2n) is 11.8. The van der Waals surface area contributed by atoms with Gasteiger partial charge in [0, 0.05) is 47.2 Å². The van der Waals surface area contributed by atoms with Gasteiger partial charge in [0.1, 0.15) is 9.81 Å². The van der Waals surface area contributed by atoms with Crippen LogP contribution < -0.4 is 10.6 Å². The summed E-state index contributed by atoms with van der Waals surface area (Å²) < 4.78 is 64.4. The first-order valence-electron chi connectivity index (χ1n) is 15.3. The molecule has 4 N–H and O–H groups in total. The van der Waals surface area contributed by atoms with E-state index in [2.05, 4.69) is 20.6 Å². The number of hydrogen-bond donors (Lipinski definition) is 4. The quantitative estimate of drug-likeness (QED) is 0.306. The van der Waals surface area contributed by atoms with Gasteiger partial charge in [-0.05, 0) is 84.0 Å². The van der Waals surface area contributed by atoms with E-state index in [1.165, 1.54) is 72.8 Å². The minimum Gasteiger partial charge on any atom is -0.308 e. The van der Waals surface area contributed by atoms with Crippen LogP contribution in [-0.2, 0) is 29.8 Å². The topological polar surface area (TPSA) is 243 Å². The minimum absolute atomic E-state index is 0.129. The summed E-state index contributed by atoms with van der Waals surface area (Å²) in [7, 11) is -9.32. The van der Waals surface area contributed by atoms with E-state index >= 15 is 0 Å². The number of hydrogen-bond acceptors (Lipinski definition) is 9. The van der Waals surface area contributed by atoms with E-state index in [1.807, 2.05) is 0 Å². The first kappa shape index (κ1) is 35.8. The van der Waals surface area contributed by atoms with Gasteiger partial charge in [-0.25, -0.2) is 14.8 Å². The van der Waals surface area contributed by atoms with Gasteiger partial charge in [0.2, 0.25) is 0 Å². The molecule has 4 aliphatic carbocycles. The molecule has 2 aromatic rings. The maximum atomic E-state index is 13.0. The number of fused-ring (bicyclic) bond motifs is 2. The first-order valence-corrected chi connectivity index (χ1v) is 18.2. The van der Waals surface area contributed by atoms with Gasteiger partial charge in [0.05, 0.1) is 11.4 Å². The molecule has 264 valence electrons. The largest absolute Gasteiger partial charge is 0.323 e. The molecule has 0 heterocycles. The summed E-state index contributed by atoms with van der Waals surface area (Å²) in [6.45, 7) is 0. The summed E-state index contributed by atoms with van der Waals surface area (Å²) in [6, 6.07) is 11.2. The third-order valence-corrected chi connectivity index (χ3v) is 10.0. The number of nitrogens with zero attached hydrogens (tertiary/aromatic N) is 2. The van der Waals surface area contributed by atoms with Crippen LogP contribution in [0.25, 0.3) is 0 Å². The van der Waals surface area contributed by atoms with Crippen molar-refractivity contribution in [3.63, 3.8) is 0 Å². The van der Waals surface area contributed by atoms with E-state index in [1.54, 1.807) is 12.2 Å². The van der Waals surface area contributed by atoms with Crippen LogP contribution in [0.4, 0.5) is 16.2 Å². The summed E-state index contributed by atoms with van der Waals surface area (Å²) >= 11 is 0. The Hall–Kier alpha value is -6.01. The Morgan fingerprint density at radius 2 is 1.06 bits per heavy atom. The fourth-order valence-electron chi connectivity index (χ4n) is 5.76. The maximum Gasteiger partial charge on any atom is 0.323 e. The van der Waals surface area contributed by atoms with Crippen molar-refractivity contribution in [3.8, 4) is 0 Å². The highest BCUT2D eigenvalue weighted by molar-refractivity contribution is 7.91. The Bertz CT molecular complexity index is 2300. The molecule has 2 aromatic carbocycles. The van der Waals surface area contributed by atoms with Crippen LogP contribution in [0, 0.1) is 11.8 Å². The maximum absolute atomic E-state index is 13.0. The predicted molar refractivity (Wildman–Crippen MR) is 189 cm³/mol. The number of urea groups is 1. The predicted octanol–water partition coefficient (Wildman–Crippen LogP) is 4.21. The molecule has 2 unspecified atom stereocenters. The van der Waals surface area contributed by atoms with E-state index in [9.17, 15) is 49.9 Å². The van der Waals surface area contributed by atoms with Crippen LogP contribution in [0.5, 0.6) is 0 Å². The van der Waals surface area contributed by atoms with Crippen LogP contribution in [0.1, 0.15) is 33.6 Å². The van der Waals surface area contributed by atoms with Crippen LogP contribution in [0.3, 0.4) is 0 Å². The third-order valence-electron chi connectivity index (χ3n) is 8.16. The number of rotatable bonds is 6. The number of anilines is 2. The number of aliphatic imine (C=N–C) groups is 2. The number of nitrogens with one attached hydrogen (secondary N) is 2. The molecule has 0 radical (unpaired) electrons. The van der Waals surface area contributed by atoms with E-state index < -0.39 is 71.3 Å². The lowest BCUT2D eigenvalue weighted by Crippen LogP contribution is -2.23. The van der Waals surface area contributed by atoms with Crippen LogP contribution in [0.15, 0.2) is 128 Å². The van der Waals surface area contributed by atoms with Crippen molar-refractivity contribution < 1.29 is 49.9 Å². The number of benzene rings is 2. The molecule has 2 atom stereocenters. The second kappa shape index (κ2) is 14.0. The van der Waals surface area contributed by atoms with Gasteiger partial charge in [-0.2, -0.15) is 16.8 Å². The molecule has 0 saturated heterocycles. The van der Waals surface area contributed by atoms with Gasteiger partial charge in [-0.3, -0.25) is 28.3 Å². The molecule has 0 spiro atoms. The standard InChI is InChI=1S/C35H26N4O11S2/c40-29-15-23-13-27(9-7-19(23)17-31(29)51(45,46)47)36-33(42)21-3-1-5-25(11-21)38-35(44)39-26-6-2-4-22(12-26)34(43)37-28-10-8-20-18-32(52(48,49)50)30(41)16-24(20)14-28/h1-14,17-20H,15-16H2,(H2,38,39,44)(H,45,46,47)(H,48,49,50). The number of carbonyl (C=O) groups excluding carboxylic acids is 5. The molecule has 0 saturated carbocycles. The molecule has 0 aliphatic heterocycles. The summed E-state index contributed by atoms with van der Waals surface area (Å²) in [6.07, 6.45) is 10.8. The molecule has 52 heavy (non-hydrogen) atoms. The first-order chi connectivity index (χ1) is 24.5. The number of amides is 4. The van der Waals surface area contributed by atoms with Crippen molar-refractivity contribution in [1.82, 2.24) is 0 Å². The highest BCUT2D eigenvalue weighted by Gasteiger charge is 2.33. The molecule has 15 nitrogen and oxygen atoms in total. The SMILES string of the molecule is O=C(Nc1cccc(C(=O)N=C2C=CC3C=C(S(=O)(=O)O)C(=O)CC3=C2)c1)Nc1cccc(C(=O)N=C2C=CC3C=C(S(=O)(=O)O)C(=O)CC3=C2)c1. The molecule has 4 aliphatic rings. The molecule has 17 heteroatoms. The molecule has 0 fully saturated rings. The zero-order chi connectivity index (χ0) is 37.4. The fourth-order valence-corrected chi connectivity index (χ4v) is 7.11. The van der Waals surface area contributed by atoms with Gasteiger partial charge >= 0.3 is 6.03 Å². The van der Waals surface area contributed by atoms with Gasteiger partial charge in [0.15, 0.2) is 11.6 Å². The second-order valence-corrected chi connectivity index (χ2v) is 14.6. The lowest BCUT2D eigenvalue weighted by molar-refractivity contribution is -0.115. The van der Waals surface area contributed by atoms with Crippen LogP contribution >= 0.6 is 0 Å². The smallest absolute Gasteiger partial charge is 0.308 e. The van der Waals surface area contributed by atoms with Crippen molar-refractivity contribution in [1.29, 1.82) is 0 Å². The van der Waals surface area contributed by atoms with Crippen molar-refractivity contribution in [2.24, 2.45) is 21.8 Å². The van der Waals surface area contributed by atoms with Gasteiger partial charge in [-0.1, -0.05) is 24.3 Å². The Morgan fingerprint density at radius 1 is 0.654 bits per heavy atom. The Balaban J connectivity index is 1.09. The molecular formula is C35H26N4O11S2. The lowest BCUT2D eigenvalue weighted by atomic mass is 9.85. The highest BCUT2D eigenvalue weighted by atomic mass is 32.2. The fraction of sp³-hybridized carbons (Fsp3) is 0.114. The molecule has 0 aromatic heterocycles. The Kier molecular flexibility index (Phi) is 9.61. The van der Waals surface area contributed by atoms with E-state index in [4.69, 9.17) is 0 Å². The van der Waals surface area contributed by atoms with Crippen molar-refractivity contribution in [3.05, 3.63) is 129 Å². The average Bonchev–Trinajstić information content (AvgIpc) is 3.06. The van der Waals surface area contributed by atoms with E-state index in [-0.39, 0.29) is 46.8 Å². The Morgan fingerprint density at radius 3 is 1.44 bits per heavy atom. The van der Waals surface area contributed by atoms with Gasteiger partial charge < -0.3 is 10.6 Å². The monoisotopic (exact) mass is 742 g/mol. The highest BCUT2D eigenvalue weighted by Crippen LogP contribution is 2.33. The lowest BCUT2D eigenvalue weighted by Gasteiger charge is -2.22. The average molecular weight is 743 g/mol. The van der Waals surface area contributed by atoms with Gasteiger partial charge in [0.25, 0.3) is 32.1 Å². The van der Waals surface area contributed by atoms with Crippen molar-refractivity contribution >= 4 is 72.4 Å². The zero-order valence-corrected chi connectivity index (χ0v) is 28.2. The summed E-state index contributed by atoms with van der Waals surface area (Å²) in [4.78, 5) is 69.9. The van der Waals surface area contributed by atoms with Crippen LogP contribution in [-0.4, -0.2) is 66.8 Å². The number of carbonyl (C=O) groups is 5.